The van der Waals surface area contributed by atoms with E-state index in [9.17, 15) is 4.79 Å². The first-order valence-electron chi connectivity index (χ1n) is 6.53. The molecule has 5 heteroatoms. The largest absolute Gasteiger partial charge is 0.326 e. The Kier molecular flexibility index (Phi) is 3.24. The van der Waals surface area contributed by atoms with Crippen LogP contribution in [0.5, 0.6) is 0 Å². The van der Waals surface area contributed by atoms with E-state index in [0.29, 0.717) is 0 Å². The second-order valence-corrected chi connectivity index (χ2v) is 6.19. The Morgan fingerprint density at radius 2 is 2.21 bits per heavy atom. The number of hydrogen-bond acceptors (Lipinski definition) is 4. The number of carbonyl (C=O) groups is 1. The number of thiazole rings is 1. The number of rotatable bonds is 2. The predicted molar refractivity (Wildman–Crippen MR) is 78.5 cm³/mol. The van der Waals surface area contributed by atoms with Crippen molar-refractivity contribution in [1.82, 2.24) is 10.3 Å². The molecule has 4 nitrogen and oxygen atoms in total. The first-order chi connectivity index (χ1) is 9.17. The van der Waals surface area contributed by atoms with Crippen LogP contribution in [0.25, 0.3) is 10.2 Å². The van der Waals surface area contributed by atoms with Crippen LogP contribution in [0.1, 0.15) is 19.8 Å². The fourth-order valence-electron chi connectivity index (χ4n) is 2.42. The number of carbonyl (C=O) groups excluding carboxylic acids is 1. The van der Waals surface area contributed by atoms with Crippen molar-refractivity contribution in [3.63, 3.8) is 0 Å². The molecular formula is C14H17N3OS. The minimum absolute atomic E-state index is 0.123. The predicted octanol–water partition coefficient (Wildman–Crippen LogP) is 2.62. The fraction of sp³-hybridized carbons (Fsp3) is 0.429. The van der Waals surface area contributed by atoms with Crippen molar-refractivity contribution in [2.75, 3.05) is 18.4 Å². The highest BCUT2D eigenvalue weighted by molar-refractivity contribution is 7.16. The third-order valence-electron chi connectivity index (χ3n) is 3.84. The van der Waals surface area contributed by atoms with Crippen molar-refractivity contribution in [3.8, 4) is 0 Å². The molecule has 1 amide bonds. The second kappa shape index (κ2) is 4.90. The number of anilines is 1. The highest BCUT2D eigenvalue weighted by Gasteiger charge is 2.34. The van der Waals surface area contributed by atoms with Crippen LogP contribution in [0, 0.1) is 5.41 Å². The zero-order valence-corrected chi connectivity index (χ0v) is 11.7. The molecular weight excluding hydrogens is 258 g/mol. The van der Waals surface area contributed by atoms with E-state index in [1.165, 1.54) is 0 Å². The minimum Gasteiger partial charge on any atom is -0.326 e. The molecule has 0 bridgehead atoms. The van der Waals surface area contributed by atoms with Gasteiger partial charge in [-0.05, 0) is 44.1 Å². The summed E-state index contributed by atoms with van der Waals surface area (Å²) in [4.78, 5) is 16.7. The molecule has 1 aliphatic rings. The lowest BCUT2D eigenvalue weighted by molar-refractivity contribution is -0.126. The maximum Gasteiger partial charge on any atom is 0.230 e. The molecule has 19 heavy (non-hydrogen) atoms. The van der Waals surface area contributed by atoms with Gasteiger partial charge >= 0.3 is 0 Å². The summed E-state index contributed by atoms with van der Waals surface area (Å²) in [6, 6.07) is 5.87. The van der Waals surface area contributed by atoms with Crippen LogP contribution in [-0.2, 0) is 4.79 Å². The number of aromatic nitrogens is 1. The van der Waals surface area contributed by atoms with Crippen molar-refractivity contribution >= 4 is 33.1 Å². The van der Waals surface area contributed by atoms with Gasteiger partial charge in [-0.25, -0.2) is 4.98 Å². The Labute approximate surface area is 116 Å². The molecule has 2 heterocycles. The number of benzene rings is 1. The summed E-state index contributed by atoms with van der Waals surface area (Å²) in [5, 5.41) is 6.34. The summed E-state index contributed by atoms with van der Waals surface area (Å²) in [5.41, 5.74) is 3.41. The second-order valence-electron chi connectivity index (χ2n) is 5.30. The highest BCUT2D eigenvalue weighted by Crippen LogP contribution is 2.30. The molecule has 2 aromatic rings. The van der Waals surface area contributed by atoms with E-state index in [-0.39, 0.29) is 11.3 Å². The van der Waals surface area contributed by atoms with Gasteiger partial charge in [0.15, 0.2) is 0 Å². The van der Waals surface area contributed by atoms with Gasteiger partial charge in [0.1, 0.15) is 0 Å². The zero-order chi connectivity index (χ0) is 13.3. The lowest BCUT2D eigenvalue weighted by atomic mass is 9.80. The summed E-state index contributed by atoms with van der Waals surface area (Å²) in [7, 11) is 0. The first kappa shape index (κ1) is 12.6. The minimum atomic E-state index is -0.256. The fourth-order valence-corrected chi connectivity index (χ4v) is 3.14. The number of nitrogens with one attached hydrogen (secondary N) is 2. The van der Waals surface area contributed by atoms with Crippen LogP contribution < -0.4 is 10.6 Å². The van der Waals surface area contributed by atoms with Crippen LogP contribution in [-0.4, -0.2) is 24.0 Å². The quantitative estimate of drug-likeness (QED) is 0.886. The molecule has 1 aliphatic heterocycles. The summed E-state index contributed by atoms with van der Waals surface area (Å²) in [6.45, 7) is 3.88. The van der Waals surface area contributed by atoms with E-state index in [1.54, 1.807) is 11.3 Å². The summed E-state index contributed by atoms with van der Waals surface area (Å²) in [6.07, 6.45) is 1.78. The highest BCUT2D eigenvalue weighted by atomic mass is 32.1. The van der Waals surface area contributed by atoms with Crippen molar-refractivity contribution in [2.45, 2.75) is 19.8 Å². The molecule has 0 unspecified atom stereocenters. The van der Waals surface area contributed by atoms with Crippen LogP contribution in [0.2, 0.25) is 0 Å². The van der Waals surface area contributed by atoms with Crippen LogP contribution >= 0.6 is 11.3 Å². The molecule has 0 aliphatic carbocycles. The molecule has 0 atom stereocenters. The Balaban J connectivity index is 1.78. The maximum atomic E-state index is 12.4. The maximum absolute atomic E-state index is 12.4. The number of hydrogen-bond donors (Lipinski definition) is 2. The van der Waals surface area contributed by atoms with Crippen molar-refractivity contribution in [1.29, 1.82) is 0 Å². The van der Waals surface area contributed by atoms with Crippen molar-refractivity contribution in [2.24, 2.45) is 5.41 Å². The van der Waals surface area contributed by atoms with E-state index in [2.05, 4.69) is 22.5 Å². The van der Waals surface area contributed by atoms with Gasteiger partial charge in [-0.2, -0.15) is 0 Å². The number of fused-ring (bicyclic) bond motifs is 1. The van der Waals surface area contributed by atoms with Gasteiger partial charge in [-0.3, -0.25) is 4.79 Å². The first-order valence-corrected chi connectivity index (χ1v) is 7.41. The lowest BCUT2D eigenvalue weighted by Gasteiger charge is -2.32. The monoisotopic (exact) mass is 275 g/mol. The van der Waals surface area contributed by atoms with Crippen molar-refractivity contribution < 1.29 is 4.79 Å². The lowest BCUT2D eigenvalue weighted by Crippen LogP contribution is -2.42. The molecule has 1 fully saturated rings. The summed E-state index contributed by atoms with van der Waals surface area (Å²) < 4.78 is 1.10. The van der Waals surface area contributed by atoms with E-state index in [4.69, 9.17) is 0 Å². The standard InChI is InChI=1S/C14H17N3OS/c1-14(4-6-15-7-5-14)13(18)17-10-2-3-11-12(8-10)19-9-16-11/h2-3,8-9,15H,4-7H2,1H3,(H,17,18). The molecule has 0 spiro atoms. The Bertz CT molecular complexity index is 602. The summed E-state index contributed by atoms with van der Waals surface area (Å²) in [5.74, 6) is 0.123. The smallest absolute Gasteiger partial charge is 0.230 e. The van der Waals surface area contributed by atoms with Gasteiger partial charge in [0.25, 0.3) is 0 Å². The number of piperidine rings is 1. The van der Waals surface area contributed by atoms with Gasteiger partial charge in [0.2, 0.25) is 5.91 Å². The molecule has 1 aromatic carbocycles. The SMILES string of the molecule is CC1(C(=O)Nc2ccc3ncsc3c2)CCNCC1. The Morgan fingerprint density at radius 1 is 1.42 bits per heavy atom. The molecule has 0 saturated carbocycles. The molecule has 0 radical (unpaired) electrons. The molecule has 1 aromatic heterocycles. The average molecular weight is 275 g/mol. The normalized spacial score (nSPS) is 18.4. The molecule has 100 valence electrons. The van der Waals surface area contributed by atoms with Crippen LogP contribution in [0.4, 0.5) is 5.69 Å². The van der Waals surface area contributed by atoms with E-state index in [1.807, 2.05) is 23.7 Å². The average Bonchev–Trinajstić information content (AvgIpc) is 2.87. The number of nitrogens with zero attached hydrogens (tertiary/aromatic N) is 1. The van der Waals surface area contributed by atoms with Gasteiger partial charge in [-0.15, -0.1) is 11.3 Å². The summed E-state index contributed by atoms with van der Waals surface area (Å²) >= 11 is 1.59. The zero-order valence-electron chi connectivity index (χ0n) is 10.9. The van der Waals surface area contributed by atoms with Crippen molar-refractivity contribution in [3.05, 3.63) is 23.7 Å². The van der Waals surface area contributed by atoms with Gasteiger partial charge in [0.05, 0.1) is 15.7 Å². The topological polar surface area (TPSA) is 54.0 Å². The molecule has 3 rings (SSSR count). The third kappa shape index (κ3) is 2.48. The van der Waals surface area contributed by atoms with E-state index in [0.717, 1.165) is 41.8 Å². The third-order valence-corrected chi connectivity index (χ3v) is 4.64. The molecule has 2 N–H and O–H groups in total. The molecule has 1 saturated heterocycles. The number of amides is 1. The van der Waals surface area contributed by atoms with E-state index < -0.39 is 0 Å². The Morgan fingerprint density at radius 3 is 3.00 bits per heavy atom. The van der Waals surface area contributed by atoms with Gasteiger partial charge < -0.3 is 10.6 Å². The van der Waals surface area contributed by atoms with E-state index >= 15 is 0 Å². The van der Waals surface area contributed by atoms with Crippen LogP contribution in [0.3, 0.4) is 0 Å². The Hall–Kier alpha value is -1.46. The van der Waals surface area contributed by atoms with Gasteiger partial charge in [0, 0.05) is 11.1 Å². The van der Waals surface area contributed by atoms with Crippen LogP contribution in [0.15, 0.2) is 23.7 Å². The van der Waals surface area contributed by atoms with Gasteiger partial charge in [-0.1, -0.05) is 6.92 Å².